The standard InChI is InChI=1S/C20H15ClN2O5/c21-18-7-5-14(11-17(18)19-8-6-16(12-24)28-19)22-20(25)9-4-13-2-1-3-15(10-13)23(26)27/h1-11,24H,12H2,(H,22,25)/b9-4+. The predicted octanol–water partition coefficient (Wildman–Crippen LogP) is 4.65. The Balaban J connectivity index is 1.74. The Bertz CT molecular complexity index is 1060. The van der Waals surface area contributed by atoms with Crippen LogP contribution in [0.1, 0.15) is 11.3 Å². The van der Waals surface area contributed by atoms with E-state index in [4.69, 9.17) is 21.1 Å². The number of nitro groups is 1. The molecule has 2 aromatic carbocycles. The molecule has 3 rings (SSSR count). The molecule has 2 N–H and O–H groups in total. The molecule has 142 valence electrons. The lowest BCUT2D eigenvalue weighted by atomic mass is 10.1. The van der Waals surface area contributed by atoms with Gasteiger partial charge in [-0.25, -0.2) is 0 Å². The number of carbonyl (C=O) groups excluding carboxylic acids is 1. The van der Waals surface area contributed by atoms with Crippen LogP contribution >= 0.6 is 11.6 Å². The average Bonchev–Trinajstić information content (AvgIpc) is 3.17. The summed E-state index contributed by atoms with van der Waals surface area (Å²) in [6.07, 6.45) is 2.77. The summed E-state index contributed by atoms with van der Waals surface area (Å²) in [6.45, 7) is -0.226. The molecule has 0 aliphatic carbocycles. The normalized spacial score (nSPS) is 10.9. The number of halogens is 1. The van der Waals surface area contributed by atoms with Crippen molar-refractivity contribution >= 4 is 35.0 Å². The summed E-state index contributed by atoms with van der Waals surface area (Å²) in [5.74, 6) is 0.466. The molecule has 1 heterocycles. The summed E-state index contributed by atoms with van der Waals surface area (Å²) in [7, 11) is 0. The molecule has 1 aromatic heterocycles. The van der Waals surface area contributed by atoms with E-state index in [2.05, 4.69) is 5.32 Å². The number of carbonyl (C=O) groups is 1. The van der Waals surface area contributed by atoms with Crippen LogP contribution in [0, 0.1) is 10.1 Å². The maximum Gasteiger partial charge on any atom is 0.270 e. The molecule has 0 fully saturated rings. The van der Waals surface area contributed by atoms with Gasteiger partial charge in [0.2, 0.25) is 5.91 Å². The molecule has 28 heavy (non-hydrogen) atoms. The van der Waals surface area contributed by atoms with E-state index < -0.39 is 10.8 Å². The van der Waals surface area contributed by atoms with Gasteiger partial charge in [-0.15, -0.1) is 0 Å². The van der Waals surface area contributed by atoms with Gasteiger partial charge in [-0.1, -0.05) is 23.7 Å². The Hall–Kier alpha value is -3.42. The fourth-order valence-corrected chi connectivity index (χ4v) is 2.71. The van der Waals surface area contributed by atoms with Gasteiger partial charge in [0.1, 0.15) is 18.1 Å². The van der Waals surface area contributed by atoms with E-state index in [-0.39, 0.29) is 12.3 Å². The lowest BCUT2D eigenvalue weighted by molar-refractivity contribution is -0.384. The highest BCUT2D eigenvalue weighted by Crippen LogP contribution is 2.32. The zero-order valence-corrected chi connectivity index (χ0v) is 15.2. The highest BCUT2D eigenvalue weighted by Gasteiger charge is 2.10. The predicted molar refractivity (Wildman–Crippen MR) is 106 cm³/mol. The Labute approximate surface area is 165 Å². The van der Waals surface area contributed by atoms with Gasteiger partial charge in [-0.2, -0.15) is 0 Å². The van der Waals surface area contributed by atoms with Gasteiger partial charge in [0.25, 0.3) is 5.69 Å². The first-order valence-corrected chi connectivity index (χ1v) is 8.57. The monoisotopic (exact) mass is 398 g/mol. The van der Waals surface area contributed by atoms with Gasteiger partial charge >= 0.3 is 0 Å². The van der Waals surface area contributed by atoms with Gasteiger partial charge in [0.15, 0.2) is 0 Å². The van der Waals surface area contributed by atoms with Crippen LogP contribution in [0.5, 0.6) is 0 Å². The van der Waals surface area contributed by atoms with Crippen LogP contribution in [0.3, 0.4) is 0 Å². The molecule has 8 heteroatoms. The number of rotatable bonds is 6. The minimum absolute atomic E-state index is 0.0504. The second-order valence-corrected chi connectivity index (χ2v) is 6.20. The summed E-state index contributed by atoms with van der Waals surface area (Å²) in [6, 6.07) is 14.2. The van der Waals surface area contributed by atoms with Crippen molar-refractivity contribution in [2.45, 2.75) is 6.61 Å². The fraction of sp³-hybridized carbons (Fsp3) is 0.0500. The number of furan rings is 1. The highest BCUT2D eigenvalue weighted by atomic mass is 35.5. The SMILES string of the molecule is O=C(/C=C/c1cccc([N+](=O)[O-])c1)Nc1ccc(Cl)c(-c2ccc(CO)o2)c1. The molecule has 1 amide bonds. The van der Waals surface area contributed by atoms with Crippen molar-refractivity contribution in [2.24, 2.45) is 0 Å². The van der Waals surface area contributed by atoms with E-state index in [1.165, 1.54) is 24.3 Å². The van der Waals surface area contributed by atoms with Crippen molar-refractivity contribution in [3.63, 3.8) is 0 Å². The molecular weight excluding hydrogens is 384 g/mol. The Kier molecular flexibility index (Phi) is 5.88. The lowest BCUT2D eigenvalue weighted by Gasteiger charge is -2.06. The van der Waals surface area contributed by atoms with Crippen LogP contribution in [0.25, 0.3) is 17.4 Å². The van der Waals surface area contributed by atoms with E-state index in [1.54, 1.807) is 42.5 Å². The quantitative estimate of drug-likeness (QED) is 0.357. The van der Waals surface area contributed by atoms with Crippen LogP contribution in [0.2, 0.25) is 5.02 Å². The Morgan fingerprint density at radius 1 is 1.21 bits per heavy atom. The van der Waals surface area contributed by atoms with Gasteiger partial charge in [0, 0.05) is 29.5 Å². The van der Waals surface area contributed by atoms with Crippen LogP contribution in [0.4, 0.5) is 11.4 Å². The zero-order valence-electron chi connectivity index (χ0n) is 14.5. The fourth-order valence-electron chi connectivity index (χ4n) is 2.50. The number of benzene rings is 2. The summed E-state index contributed by atoms with van der Waals surface area (Å²) in [5.41, 5.74) is 1.55. The number of non-ortho nitro benzene ring substituents is 1. The highest BCUT2D eigenvalue weighted by molar-refractivity contribution is 6.33. The minimum atomic E-state index is -0.497. The van der Waals surface area contributed by atoms with Gasteiger partial charge in [-0.05, 0) is 42.0 Å². The molecule has 0 aliphatic rings. The van der Waals surface area contributed by atoms with Crippen LogP contribution in [0.15, 0.2) is 65.1 Å². The number of aliphatic hydroxyl groups is 1. The number of nitrogens with zero attached hydrogens (tertiary/aromatic N) is 1. The first kappa shape index (κ1) is 19.3. The van der Waals surface area contributed by atoms with E-state index in [0.29, 0.717) is 33.4 Å². The van der Waals surface area contributed by atoms with E-state index in [1.807, 2.05) is 0 Å². The number of hydrogen-bond acceptors (Lipinski definition) is 5. The maximum absolute atomic E-state index is 12.2. The topological polar surface area (TPSA) is 106 Å². The molecule has 0 unspecified atom stereocenters. The molecule has 0 radical (unpaired) electrons. The van der Waals surface area contributed by atoms with Gasteiger partial charge < -0.3 is 14.8 Å². The molecular formula is C20H15ClN2O5. The molecule has 0 atom stereocenters. The van der Waals surface area contributed by atoms with E-state index in [0.717, 1.165) is 0 Å². The third kappa shape index (κ3) is 4.64. The average molecular weight is 399 g/mol. The largest absolute Gasteiger partial charge is 0.459 e. The summed E-state index contributed by atoms with van der Waals surface area (Å²) >= 11 is 6.20. The van der Waals surface area contributed by atoms with Crippen LogP contribution < -0.4 is 5.32 Å². The summed E-state index contributed by atoms with van der Waals surface area (Å²) in [4.78, 5) is 22.5. The molecule has 0 saturated carbocycles. The molecule has 0 spiro atoms. The van der Waals surface area contributed by atoms with E-state index in [9.17, 15) is 14.9 Å². The number of anilines is 1. The van der Waals surface area contributed by atoms with E-state index >= 15 is 0 Å². The number of nitro benzene ring substituents is 1. The smallest absolute Gasteiger partial charge is 0.270 e. The van der Waals surface area contributed by atoms with Crippen LogP contribution in [-0.4, -0.2) is 15.9 Å². The molecule has 3 aromatic rings. The molecule has 0 saturated heterocycles. The molecule has 0 bridgehead atoms. The lowest BCUT2D eigenvalue weighted by Crippen LogP contribution is -2.07. The minimum Gasteiger partial charge on any atom is -0.459 e. The number of aliphatic hydroxyl groups excluding tert-OH is 1. The second-order valence-electron chi connectivity index (χ2n) is 5.79. The Morgan fingerprint density at radius 2 is 2.04 bits per heavy atom. The number of hydrogen-bond donors (Lipinski definition) is 2. The second kappa shape index (κ2) is 8.51. The Morgan fingerprint density at radius 3 is 2.75 bits per heavy atom. The number of nitrogens with one attached hydrogen (secondary N) is 1. The van der Waals surface area contributed by atoms with Crippen molar-refractivity contribution in [3.8, 4) is 11.3 Å². The third-order valence-electron chi connectivity index (χ3n) is 3.83. The zero-order chi connectivity index (χ0) is 20.1. The van der Waals surface area contributed by atoms with Crippen LogP contribution in [-0.2, 0) is 11.4 Å². The van der Waals surface area contributed by atoms with Gasteiger partial charge in [-0.3, -0.25) is 14.9 Å². The van der Waals surface area contributed by atoms with Crippen molar-refractivity contribution < 1.29 is 19.2 Å². The first-order chi connectivity index (χ1) is 13.5. The molecule has 0 aliphatic heterocycles. The third-order valence-corrected chi connectivity index (χ3v) is 4.15. The van der Waals surface area contributed by atoms with Crippen molar-refractivity contribution in [1.82, 2.24) is 0 Å². The summed E-state index contributed by atoms with van der Waals surface area (Å²) in [5, 5.41) is 23.0. The van der Waals surface area contributed by atoms with Gasteiger partial charge in [0.05, 0.1) is 9.95 Å². The maximum atomic E-state index is 12.2. The van der Waals surface area contributed by atoms with Crippen molar-refractivity contribution in [3.05, 3.63) is 87.1 Å². The molecule has 7 nitrogen and oxygen atoms in total. The van der Waals surface area contributed by atoms with Crippen molar-refractivity contribution in [2.75, 3.05) is 5.32 Å². The van der Waals surface area contributed by atoms with Crippen molar-refractivity contribution in [1.29, 1.82) is 0 Å². The first-order valence-electron chi connectivity index (χ1n) is 8.19. The summed E-state index contributed by atoms with van der Waals surface area (Å²) < 4.78 is 5.48. The number of amides is 1.